The van der Waals surface area contributed by atoms with Crippen LogP contribution in [-0.4, -0.2) is 44.2 Å². The zero-order valence-electron chi connectivity index (χ0n) is 14.5. The molecule has 0 amide bonds. The van der Waals surface area contributed by atoms with Gasteiger partial charge >= 0.3 is 0 Å². The van der Waals surface area contributed by atoms with Crippen LogP contribution in [0.3, 0.4) is 0 Å². The fraction of sp³-hybridized carbons (Fsp3) is 0.500. The molecule has 136 valence electrons. The standard InChI is InChI=1S/C18H25N3O2S2/c1-25(22,23)19-11-16-8-5-9-21(12-16)13-17-14-24-18(20-17)10-15-6-3-2-4-7-15/h2-4,6-7,14,16,19H,5,8-13H2,1H3/t16-/m0/s1. The second-order valence-electron chi connectivity index (χ2n) is 6.76. The summed E-state index contributed by atoms with van der Waals surface area (Å²) in [6.45, 7) is 3.36. The molecule has 1 aromatic carbocycles. The van der Waals surface area contributed by atoms with E-state index in [9.17, 15) is 8.42 Å². The zero-order valence-corrected chi connectivity index (χ0v) is 16.2. The van der Waals surface area contributed by atoms with Crippen LogP contribution in [-0.2, 0) is 23.0 Å². The number of nitrogens with one attached hydrogen (secondary N) is 1. The molecule has 0 radical (unpaired) electrons. The molecule has 5 nitrogen and oxygen atoms in total. The maximum Gasteiger partial charge on any atom is 0.208 e. The lowest BCUT2D eigenvalue weighted by Gasteiger charge is -2.32. The van der Waals surface area contributed by atoms with Crippen LogP contribution in [0.2, 0.25) is 0 Å². The van der Waals surface area contributed by atoms with Crippen LogP contribution in [0, 0.1) is 5.92 Å². The maximum atomic E-state index is 11.3. The highest BCUT2D eigenvalue weighted by Crippen LogP contribution is 2.20. The molecule has 1 aliphatic heterocycles. The molecule has 0 bridgehead atoms. The number of aromatic nitrogens is 1. The van der Waals surface area contributed by atoms with E-state index in [0.29, 0.717) is 12.5 Å². The monoisotopic (exact) mass is 379 g/mol. The number of nitrogens with zero attached hydrogens (tertiary/aromatic N) is 2. The molecule has 3 rings (SSSR count). The minimum Gasteiger partial charge on any atom is -0.297 e. The van der Waals surface area contributed by atoms with Crippen molar-refractivity contribution in [2.75, 3.05) is 25.9 Å². The van der Waals surface area contributed by atoms with Crippen LogP contribution >= 0.6 is 11.3 Å². The predicted octanol–water partition coefficient (Wildman–Crippen LogP) is 2.50. The normalized spacial score (nSPS) is 19.2. The number of sulfonamides is 1. The van der Waals surface area contributed by atoms with E-state index >= 15 is 0 Å². The van der Waals surface area contributed by atoms with Crippen LogP contribution in [0.1, 0.15) is 29.1 Å². The lowest BCUT2D eigenvalue weighted by Crippen LogP contribution is -2.40. The molecule has 1 aliphatic rings. The van der Waals surface area contributed by atoms with Gasteiger partial charge in [0.15, 0.2) is 0 Å². The first-order valence-electron chi connectivity index (χ1n) is 8.62. The molecule has 0 aliphatic carbocycles. The Hall–Kier alpha value is -1.28. The van der Waals surface area contributed by atoms with E-state index in [4.69, 9.17) is 4.98 Å². The van der Waals surface area contributed by atoms with Gasteiger partial charge in [0.25, 0.3) is 0 Å². The summed E-state index contributed by atoms with van der Waals surface area (Å²) in [6.07, 6.45) is 4.29. The molecule has 0 unspecified atom stereocenters. The summed E-state index contributed by atoms with van der Waals surface area (Å²) in [5.74, 6) is 0.380. The number of hydrogen-bond donors (Lipinski definition) is 1. The van der Waals surface area contributed by atoms with E-state index in [1.54, 1.807) is 11.3 Å². The van der Waals surface area contributed by atoms with Crippen molar-refractivity contribution in [2.24, 2.45) is 5.92 Å². The van der Waals surface area contributed by atoms with Gasteiger partial charge in [-0.15, -0.1) is 11.3 Å². The average molecular weight is 380 g/mol. The van der Waals surface area contributed by atoms with Crippen molar-refractivity contribution in [1.29, 1.82) is 0 Å². The summed E-state index contributed by atoms with van der Waals surface area (Å²) < 4.78 is 25.2. The van der Waals surface area contributed by atoms with Crippen LogP contribution in [0.25, 0.3) is 0 Å². The van der Waals surface area contributed by atoms with Crippen LogP contribution in [0.4, 0.5) is 0 Å². The highest BCUT2D eigenvalue weighted by molar-refractivity contribution is 7.88. The molecule has 1 atom stereocenters. The summed E-state index contributed by atoms with van der Waals surface area (Å²) in [5, 5.41) is 3.30. The number of likely N-dealkylation sites (tertiary alicyclic amines) is 1. The highest BCUT2D eigenvalue weighted by atomic mass is 32.2. The van der Waals surface area contributed by atoms with Gasteiger partial charge in [0, 0.05) is 31.4 Å². The first-order chi connectivity index (χ1) is 12.0. The highest BCUT2D eigenvalue weighted by Gasteiger charge is 2.21. The summed E-state index contributed by atoms with van der Waals surface area (Å²) >= 11 is 1.72. The number of rotatable bonds is 7. The zero-order chi connectivity index (χ0) is 17.7. The molecular formula is C18H25N3O2S2. The molecule has 7 heteroatoms. The molecule has 2 heterocycles. The number of thiazole rings is 1. The first-order valence-corrected chi connectivity index (χ1v) is 11.4. The fourth-order valence-electron chi connectivity index (χ4n) is 3.23. The van der Waals surface area contributed by atoms with E-state index in [1.165, 1.54) is 11.8 Å². The lowest BCUT2D eigenvalue weighted by atomic mass is 9.98. The fourth-order valence-corrected chi connectivity index (χ4v) is 4.59. The van der Waals surface area contributed by atoms with Crippen LogP contribution in [0.15, 0.2) is 35.7 Å². The quantitative estimate of drug-likeness (QED) is 0.803. The van der Waals surface area contributed by atoms with Crippen molar-refractivity contribution in [3.63, 3.8) is 0 Å². The summed E-state index contributed by atoms with van der Waals surface area (Å²) in [6, 6.07) is 10.4. The summed E-state index contributed by atoms with van der Waals surface area (Å²) in [7, 11) is -3.11. The topological polar surface area (TPSA) is 62.3 Å². The van der Waals surface area contributed by atoms with Gasteiger partial charge in [0.1, 0.15) is 0 Å². The molecule has 0 spiro atoms. The Labute approximate surface area is 154 Å². The van der Waals surface area contributed by atoms with Crippen molar-refractivity contribution in [3.05, 3.63) is 52.0 Å². The Morgan fingerprint density at radius 1 is 1.32 bits per heavy atom. The van der Waals surface area contributed by atoms with Gasteiger partial charge in [-0.2, -0.15) is 0 Å². The SMILES string of the molecule is CS(=O)(=O)NC[C@@H]1CCCN(Cc2csc(Cc3ccccc3)n2)C1. The number of benzene rings is 1. The Morgan fingerprint density at radius 2 is 2.12 bits per heavy atom. The van der Waals surface area contributed by atoms with E-state index in [1.807, 2.05) is 6.07 Å². The molecule has 1 fully saturated rings. The Bertz CT molecular complexity index is 775. The van der Waals surface area contributed by atoms with Crippen molar-refractivity contribution >= 4 is 21.4 Å². The first kappa shape index (κ1) is 18.5. The van der Waals surface area contributed by atoms with E-state index in [2.05, 4.69) is 39.3 Å². The lowest BCUT2D eigenvalue weighted by molar-refractivity contribution is 0.167. The van der Waals surface area contributed by atoms with Crippen LogP contribution in [0.5, 0.6) is 0 Å². The minimum absolute atomic E-state index is 0.380. The molecule has 2 aromatic rings. The van der Waals surface area contributed by atoms with Crippen molar-refractivity contribution in [3.8, 4) is 0 Å². The van der Waals surface area contributed by atoms with E-state index < -0.39 is 10.0 Å². The van der Waals surface area contributed by atoms with Gasteiger partial charge in [-0.25, -0.2) is 18.1 Å². The predicted molar refractivity (Wildman–Crippen MR) is 102 cm³/mol. The third kappa shape index (κ3) is 6.18. The van der Waals surface area contributed by atoms with Gasteiger partial charge in [-0.1, -0.05) is 30.3 Å². The molecule has 25 heavy (non-hydrogen) atoms. The van der Waals surface area contributed by atoms with Crippen molar-refractivity contribution < 1.29 is 8.42 Å². The van der Waals surface area contributed by atoms with Crippen molar-refractivity contribution in [2.45, 2.75) is 25.8 Å². The third-order valence-corrected chi connectivity index (χ3v) is 6.01. The summed E-state index contributed by atoms with van der Waals surface area (Å²) in [4.78, 5) is 7.16. The largest absolute Gasteiger partial charge is 0.297 e. The summed E-state index contributed by atoms with van der Waals surface area (Å²) in [5.41, 5.74) is 2.40. The van der Waals surface area contributed by atoms with Gasteiger partial charge in [0.2, 0.25) is 10.0 Å². The van der Waals surface area contributed by atoms with Crippen LogP contribution < -0.4 is 4.72 Å². The molecular weight excluding hydrogens is 354 g/mol. The third-order valence-electron chi connectivity index (χ3n) is 4.42. The smallest absolute Gasteiger partial charge is 0.208 e. The average Bonchev–Trinajstić information content (AvgIpc) is 3.00. The Morgan fingerprint density at radius 3 is 2.88 bits per heavy atom. The second-order valence-corrected chi connectivity index (χ2v) is 9.53. The molecule has 1 N–H and O–H groups in total. The van der Waals surface area contributed by atoms with Crippen molar-refractivity contribution in [1.82, 2.24) is 14.6 Å². The molecule has 0 saturated carbocycles. The van der Waals surface area contributed by atoms with E-state index in [-0.39, 0.29) is 0 Å². The minimum atomic E-state index is -3.11. The number of piperidine rings is 1. The Balaban J connectivity index is 1.52. The van der Waals surface area contributed by atoms with Gasteiger partial charge < -0.3 is 0 Å². The Kier molecular flexibility index (Phi) is 6.22. The van der Waals surface area contributed by atoms with E-state index in [0.717, 1.165) is 49.6 Å². The molecule has 1 aromatic heterocycles. The maximum absolute atomic E-state index is 11.3. The number of hydrogen-bond acceptors (Lipinski definition) is 5. The van der Waals surface area contributed by atoms with Gasteiger partial charge in [-0.05, 0) is 30.9 Å². The second kappa shape index (κ2) is 8.40. The van der Waals surface area contributed by atoms with Gasteiger partial charge in [-0.3, -0.25) is 4.90 Å². The van der Waals surface area contributed by atoms with Gasteiger partial charge in [0.05, 0.1) is 17.0 Å². The molecule has 1 saturated heterocycles.